The van der Waals surface area contributed by atoms with Gasteiger partial charge in [0.2, 0.25) is 0 Å². The van der Waals surface area contributed by atoms with Gasteiger partial charge in [-0.1, -0.05) is 46.3 Å². The minimum absolute atomic E-state index is 0.00597. The van der Waals surface area contributed by atoms with Crippen molar-refractivity contribution in [2.45, 2.75) is 104 Å². The van der Waals surface area contributed by atoms with Gasteiger partial charge >= 0.3 is 5.97 Å². The number of rotatable bonds is 3. The lowest BCUT2D eigenvalue weighted by atomic mass is 9.46. The molecule has 5 fully saturated rings. The molecule has 4 aliphatic carbocycles. The maximum absolute atomic E-state index is 11.6. The first-order valence-corrected chi connectivity index (χ1v) is 13.9. The number of hydrogen-bond acceptors (Lipinski definition) is 6. The quantitative estimate of drug-likeness (QED) is 0.358. The number of ether oxygens (including phenoxy) is 4. The molecule has 0 aromatic rings. The fourth-order valence-electron chi connectivity index (χ4n) is 9.43. The van der Waals surface area contributed by atoms with Crippen LogP contribution >= 0.6 is 0 Å². The Hall–Kier alpha value is -0.950. The average molecular weight is 489 g/mol. The van der Waals surface area contributed by atoms with Crippen molar-refractivity contribution < 1.29 is 28.8 Å². The Morgan fingerprint density at radius 1 is 1.11 bits per heavy atom. The predicted octanol–water partition coefficient (Wildman–Crippen LogP) is 4.49. The summed E-state index contributed by atoms with van der Waals surface area (Å²) in [4.78, 5) is 11.6. The second-order valence-corrected chi connectivity index (χ2v) is 13.9. The highest BCUT2D eigenvalue weighted by Gasteiger charge is 2.69. The molecule has 0 bridgehead atoms. The van der Waals surface area contributed by atoms with Crippen LogP contribution in [0.4, 0.5) is 0 Å². The van der Waals surface area contributed by atoms with E-state index >= 15 is 0 Å². The van der Waals surface area contributed by atoms with Gasteiger partial charge in [-0.25, -0.2) is 0 Å². The maximum atomic E-state index is 11.6. The van der Waals surface area contributed by atoms with Gasteiger partial charge < -0.3 is 24.1 Å². The minimum atomic E-state index is -0.446. The molecule has 0 amide bonds. The smallest absolute Gasteiger partial charge is 0.303 e. The summed E-state index contributed by atoms with van der Waals surface area (Å²) in [7, 11) is 0. The normalized spacial score (nSPS) is 51.2. The van der Waals surface area contributed by atoms with Crippen LogP contribution in [-0.2, 0) is 23.7 Å². The van der Waals surface area contributed by atoms with Crippen LogP contribution < -0.4 is 0 Å². The molecular formula is C29H44O6. The van der Waals surface area contributed by atoms with Gasteiger partial charge in [-0.3, -0.25) is 4.79 Å². The van der Waals surface area contributed by atoms with Gasteiger partial charge in [-0.2, -0.15) is 0 Å². The van der Waals surface area contributed by atoms with Crippen LogP contribution in [0.2, 0.25) is 0 Å². The van der Waals surface area contributed by atoms with Crippen LogP contribution in [-0.4, -0.2) is 55.0 Å². The Kier molecular flexibility index (Phi) is 5.59. The third kappa shape index (κ3) is 3.60. The number of aliphatic hydroxyl groups excluding tert-OH is 1. The van der Waals surface area contributed by atoms with E-state index in [1.54, 1.807) is 0 Å². The van der Waals surface area contributed by atoms with Gasteiger partial charge in [0.25, 0.3) is 0 Å². The van der Waals surface area contributed by atoms with Crippen molar-refractivity contribution in [3.8, 4) is 0 Å². The van der Waals surface area contributed by atoms with Crippen LogP contribution in [0.3, 0.4) is 0 Å². The summed E-state index contributed by atoms with van der Waals surface area (Å²) in [5.41, 5.74) is 1.44. The highest BCUT2D eigenvalue weighted by molar-refractivity contribution is 5.66. The largest absolute Gasteiger partial charge is 0.459 e. The van der Waals surface area contributed by atoms with Gasteiger partial charge in [0.15, 0.2) is 6.29 Å². The van der Waals surface area contributed by atoms with E-state index in [1.165, 1.54) is 25.3 Å². The molecule has 196 valence electrons. The molecule has 6 rings (SSSR count). The summed E-state index contributed by atoms with van der Waals surface area (Å²) in [5, 5.41) is 11.5. The molecular weight excluding hydrogens is 444 g/mol. The third-order valence-corrected chi connectivity index (χ3v) is 11.2. The SMILES string of the molecule is CC(=O)OC1CC2=CC(O)[C@H]3[C@@H]4CC[C@H](C(C)C5OCC(C)(C)CO5)[C@@]4(C)CC[C@@H]3[C@@]2(C)C2OC12. The molecule has 3 saturated carbocycles. The Bertz CT molecular complexity index is 903. The maximum Gasteiger partial charge on any atom is 0.303 e. The topological polar surface area (TPSA) is 77.5 Å². The second-order valence-electron chi connectivity index (χ2n) is 13.9. The molecule has 35 heavy (non-hydrogen) atoms. The van der Waals surface area contributed by atoms with E-state index in [2.05, 4.69) is 40.7 Å². The van der Waals surface area contributed by atoms with E-state index < -0.39 is 6.10 Å². The minimum Gasteiger partial charge on any atom is -0.459 e. The standard InChI is InChI=1S/C29H44O6/c1-15(26-32-13-27(3,4)14-33-26)18-7-8-19-23-20(9-10-28(18,19)5)29(6)17(11-21(23)31)12-22(34-16(2)30)24-25(29)35-24/h11,15,18-26,31H,7-10,12-14H2,1-6H3/t15?,18-,19+,20+,21?,22?,23+,24?,25?,28-,29+/m1/s1. The number of hydrogen-bond donors (Lipinski definition) is 1. The van der Waals surface area contributed by atoms with Crippen molar-refractivity contribution >= 4 is 5.97 Å². The van der Waals surface area contributed by atoms with Crippen molar-refractivity contribution in [1.82, 2.24) is 0 Å². The van der Waals surface area contributed by atoms with Crippen LogP contribution in [0.5, 0.6) is 0 Å². The number of esters is 1. The molecule has 1 N–H and O–H groups in total. The van der Waals surface area contributed by atoms with E-state index in [-0.39, 0.29) is 52.7 Å². The van der Waals surface area contributed by atoms with E-state index in [0.717, 1.165) is 26.1 Å². The number of fused-ring (bicyclic) bond motifs is 7. The van der Waals surface area contributed by atoms with Crippen molar-refractivity contribution in [3.63, 3.8) is 0 Å². The lowest BCUT2D eigenvalue weighted by molar-refractivity contribution is -0.253. The zero-order valence-electron chi connectivity index (χ0n) is 22.3. The molecule has 2 aliphatic heterocycles. The average Bonchev–Trinajstić information content (AvgIpc) is 3.52. The first kappa shape index (κ1) is 24.4. The third-order valence-electron chi connectivity index (χ3n) is 11.2. The van der Waals surface area contributed by atoms with Gasteiger partial charge in [0.05, 0.1) is 25.4 Å². The highest BCUT2D eigenvalue weighted by Crippen LogP contribution is 2.69. The van der Waals surface area contributed by atoms with Crippen molar-refractivity contribution in [2.75, 3.05) is 13.2 Å². The Morgan fingerprint density at radius 2 is 1.83 bits per heavy atom. The molecule has 0 aromatic heterocycles. The molecule has 2 heterocycles. The molecule has 5 unspecified atom stereocenters. The molecule has 0 radical (unpaired) electrons. The zero-order valence-corrected chi connectivity index (χ0v) is 22.3. The lowest BCUT2D eigenvalue weighted by Crippen LogP contribution is -2.57. The lowest BCUT2D eigenvalue weighted by Gasteiger charge is -2.59. The fourth-order valence-corrected chi connectivity index (χ4v) is 9.43. The monoisotopic (exact) mass is 488 g/mol. The van der Waals surface area contributed by atoms with Crippen molar-refractivity contribution in [3.05, 3.63) is 11.6 Å². The highest BCUT2D eigenvalue weighted by atomic mass is 16.7. The summed E-state index contributed by atoms with van der Waals surface area (Å²) in [6.45, 7) is 14.5. The van der Waals surface area contributed by atoms with Gasteiger partial charge in [0, 0.05) is 30.1 Å². The number of carbonyl (C=O) groups is 1. The van der Waals surface area contributed by atoms with Gasteiger partial charge in [0.1, 0.15) is 12.2 Å². The van der Waals surface area contributed by atoms with Crippen molar-refractivity contribution in [1.29, 1.82) is 0 Å². The summed E-state index contributed by atoms with van der Waals surface area (Å²) in [6, 6.07) is 0. The molecule has 0 spiro atoms. The molecule has 0 aromatic carbocycles. The van der Waals surface area contributed by atoms with E-state index in [9.17, 15) is 9.90 Å². The van der Waals surface area contributed by atoms with Crippen LogP contribution in [0.1, 0.15) is 73.6 Å². The fraction of sp³-hybridized carbons (Fsp3) is 0.897. The molecule has 2 saturated heterocycles. The number of aliphatic hydroxyl groups is 1. The zero-order chi connectivity index (χ0) is 24.9. The Morgan fingerprint density at radius 3 is 2.51 bits per heavy atom. The number of carbonyl (C=O) groups excluding carboxylic acids is 1. The molecule has 11 atom stereocenters. The van der Waals surface area contributed by atoms with E-state index in [1.807, 2.05) is 0 Å². The summed E-state index contributed by atoms with van der Waals surface area (Å²) >= 11 is 0. The van der Waals surface area contributed by atoms with Crippen molar-refractivity contribution in [2.24, 2.45) is 45.8 Å². The Labute approximate surface area is 210 Å². The Balaban J connectivity index is 1.24. The molecule has 6 nitrogen and oxygen atoms in total. The first-order chi connectivity index (χ1) is 16.5. The first-order valence-electron chi connectivity index (χ1n) is 13.9. The van der Waals surface area contributed by atoms with E-state index in [0.29, 0.717) is 30.1 Å². The molecule has 6 aliphatic rings. The summed E-state index contributed by atoms with van der Waals surface area (Å²) in [6.07, 6.45) is 6.73. The van der Waals surface area contributed by atoms with Crippen LogP contribution in [0, 0.1) is 45.8 Å². The molecule has 6 heteroatoms. The van der Waals surface area contributed by atoms with Crippen LogP contribution in [0.15, 0.2) is 11.6 Å². The summed E-state index contributed by atoms with van der Waals surface area (Å²) < 4.78 is 24.3. The predicted molar refractivity (Wildman–Crippen MR) is 130 cm³/mol. The van der Waals surface area contributed by atoms with Crippen LogP contribution in [0.25, 0.3) is 0 Å². The summed E-state index contributed by atoms with van der Waals surface area (Å²) in [5.74, 6) is 1.77. The van der Waals surface area contributed by atoms with Gasteiger partial charge in [-0.05, 0) is 54.8 Å². The number of epoxide rings is 1. The van der Waals surface area contributed by atoms with Gasteiger partial charge in [-0.15, -0.1) is 0 Å². The second kappa shape index (κ2) is 8.02. The van der Waals surface area contributed by atoms with E-state index in [4.69, 9.17) is 18.9 Å².